The van der Waals surface area contributed by atoms with Crippen molar-refractivity contribution in [2.45, 2.75) is 52.7 Å². The topological polar surface area (TPSA) is 35.2 Å². The van der Waals surface area contributed by atoms with E-state index in [0.717, 1.165) is 6.61 Å². The van der Waals surface area contributed by atoms with Crippen molar-refractivity contribution in [3.8, 4) is 0 Å². The highest BCUT2D eigenvalue weighted by Gasteiger charge is 2.06. The lowest BCUT2D eigenvalue weighted by Crippen LogP contribution is -2.22. The zero-order chi connectivity index (χ0) is 9.40. The van der Waals surface area contributed by atoms with Crippen molar-refractivity contribution in [1.82, 2.24) is 0 Å². The van der Waals surface area contributed by atoms with E-state index in [2.05, 4.69) is 13.8 Å². The predicted octanol–water partition coefficient (Wildman–Crippen LogP) is 2.52. The number of hydrogen-bond donors (Lipinski definition) is 1. The van der Waals surface area contributed by atoms with E-state index in [-0.39, 0.29) is 6.23 Å². The summed E-state index contributed by atoms with van der Waals surface area (Å²) in [4.78, 5) is 0. The van der Waals surface area contributed by atoms with E-state index in [1.54, 1.807) is 0 Å². The first-order valence-corrected chi connectivity index (χ1v) is 5.07. The predicted molar refractivity (Wildman–Crippen MR) is 52.9 cm³/mol. The van der Waals surface area contributed by atoms with E-state index in [9.17, 15) is 0 Å². The van der Waals surface area contributed by atoms with Crippen LogP contribution in [0.3, 0.4) is 0 Å². The lowest BCUT2D eigenvalue weighted by molar-refractivity contribution is 0.0405. The van der Waals surface area contributed by atoms with Crippen molar-refractivity contribution in [1.29, 1.82) is 0 Å². The quantitative estimate of drug-likeness (QED) is 0.600. The summed E-state index contributed by atoms with van der Waals surface area (Å²) in [6.45, 7) is 7.14. The molecule has 0 aliphatic carbocycles. The molecule has 0 bridgehead atoms. The molecule has 0 amide bonds. The van der Waals surface area contributed by atoms with E-state index in [1.165, 1.54) is 25.7 Å². The minimum atomic E-state index is -0.110. The summed E-state index contributed by atoms with van der Waals surface area (Å²) in [6, 6.07) is 0. The monoisotopic (exact) mass is 173 g/mol. The van der Waals surface area contributed by atoms with Crippen molar-refractivity contribution in [2.75, 3.05) is 6.61 Å². The van der Waals surface area contributed by atoms with Gasteiger partial charge in [0.25, 0.3) is 0 Å². The molecule has 74 valence electrons. The highest BCUT2D eigenvalue weighted by Crippen LogP contribution is 2.12. The lowest BCUT2D eigenvalue weighted by Gasteiger charge is -2.16. The first-order chi connectivity index (χ1) is 5.70. The third-order valence-electron chi connectivity index (χ3n) is 2.14. The van der Waals surface area contributed by atoms with Crippen molar-refractivity contribution < 1.29 is 4.74 Å². The zero-order valence-electron chi connectivity index (χ0n) is 8.68. The van der Waals surface area contributed by atoms with Gasteiger partial charge in [-0.15, -0.1) is 0 Å². The number of unbranched alkanes of at least 4 members (excludes halogenated alkanes) is 1. The minimum Gasteiger partial charge on any atom is -0.364 e. The van der Waals surface area contributed by atoms with Crippen LogP contribution in [0.25, 0.3) is 0 Å². The third kappa shape index (κ3) is 6.62. The molecule has 0 rings (SSSR count). The average Bonchev–Trinajstić information content (AvgIpc) is 2.05. The summed E-state index contributed by atoms with van der Waals surface area (Å²) in [5.41, 5.74) is 5.50. The number of rotatable bonds is 7. The molecule has 0 fully saturated rings. The molecule has 2 N–H and O–H groups in total. The van der Waals surface area contributed by atoms with E-state index >= 15 is 0 Å². The van der Waals surface area contributed by atoms with Crippen molar-refractivity contribution >= 4 is 0 Å². The smallest absolute Gasteiger partial charge is 0.102 e. The molecule has 0 aromatic rings. The summed E-state index contributed by atoms with van der Waals surface area (Å²) < 4.78 is 5.37. The average molecular weight is 173 g/mol. The van der Waals surface area contributed by atoms with Gasteiger partial charge in [-0.05, 0) is 19.3 Å². The van der Waals surface area contributed by atoms with Crippen LogP contribution in [0.2, 0.25) is 0 Å². The van der Waals surface area contributed by atoms with Crippen LogP contribution in [0, 0.1) is 5.92 Å². The zero-order valence-corrected chi connectivity index (χ0v) is 8.68. The number of ether oxygens (including phenoxy) is 1. The Morgan fingerprint density at radius 1 is 1.33 bits per heavy atom. The van der Waals surface area contributed by atoms with Gasteiger partial charge in [0.15, 0.2) is 0 Å². The fourth-order valence-corrected chi connectivity index (χ4v) is 1.19. The Morgan fingerprint density at radius 2 is 2.00 bits per heavy atom. The highest BCUT2D eigenvalue weighted by molar-refractivity contribution is 4.56. The fraction of sp³-hybridized carbons (Fsp3) is 1.00. The van der Waals surface area contributed by atoms with Gasteiger partial charge in [-0.3, -0.25) is 0 Å². The van der Waals surface area contributed by atoms with E-state index in [4.69, 9.17) is 10.5 Å². The van der Waals surface area contributed by atoms with Gasteiger partial charge in [0, 0.05) is 0 Å². The van der Waals surface area contributed by atoms with E-state index in [1.807, 2.05) is 6.92 Å². The maximum atomic E-state index is 5.50. The van der Waals surface area contributed by atoms with Crippen molar-refractivity contribution in [3.63, 3.8) is 0 Å². The summed E-state index contributed by atoms with van der Waals surface area (Å²) in [5, 5.41) is 0. The molecule has 0 spiro atoms. The van der Waals surface area contributed by atoms with E-state index in [0.29, 0.717) is 5.92 Å². The van der Waals surface area contributed by atoms with Gasteiger partial charge in [0.1, 0.15) is 6.23 Å². The molecule has 0 saturated carbocycles. The second-order valence-electron chi connectivity index (χ2n) is 3.45. The lowest BCUT2D eigenvalue weighted by atomic mass is 10.0. The molecular formula is C10H23NO. The molecule has 2 atom stereocenters. The molecule has 0 radical (unpaired) electrons. The summed E-state index contributed by atoms with van der Waals surface area (Å²) >= 11 is 0. The molecule has 2 unspecified atom stereocenters. The molecule has 12 heavy (non-hydrogen) atoms. The normalized spacial score (nSPS) is 16.0. The van der Waals surface area contributed by atoms with Crippen LogP contribution >= 0.6 is 0 Å². The molecule has 2 nitrogen and oxygen atoms in total. The fourth-order valence-electron chi connectivity index (χ4n) is 1.19. The van der Waals surface area contributed by atoms with Crippen LogP contribution in [0.4, 0.5) is 0 Å². The maximum absolute atomic E-state index is 5.50. The van der Waals surface area contributed by atoms with Gasteiger partial charge >= 0.3 is 0 Å². The Kier molecular flexibility index (Phi) is 7.51. The van der Waals surface area contributed by atoms with Gasteiger partial charge < -0.3 is 10.5 Å². The Morgan fingerprint density at radius 3 is 2.42 bits per heavy atom. The Bertz CT molecular complexity index is 93.8. The summed E-state index contributed by atoms with van der Waals surface area (Å²) in [7, 11) is 0. The van der Waals surface area contributed by atoms with E-state index < -0.39 is 0 Å². The Balaban J connectivity index is 3.39. The van der Waals surface area contributed by atoms with Crippen LogP contribution in [-0.4, -0.2) is 12.8 Å². The van der Waals surface area contributed by atoms with Gasteiger partial charge in [-0.25, -0.2) is 0 Å². The number of nitrogens with two attached hydrogens (primary N) is 1. The van der Waals surface area contributed by atoms with Crippen molar-refractivity contribution in [3.05, 3.63) is 0 Å². The first-order valence-electron chi connectivity index (χ1n) is 5.07. The van der Waals surface area contributed by atoms with Gasteiger partial charge in [-0.1, -0.05) is 33.1 Å². The minimum absolute atomic E-state index is 0.110. The van der Waals surface area contributed by atoms with Crippen LogP contribution < -0.4 is 5.73 Å². The largest absolute Gasteiger partial charge is 0.364 e. The molecule has 0 aliphatic heterocycles. The molecule has 0 heterocycles. The Hall–Kier alpha value is -0.0800. The second-order valence-corrected chi connectivity index (χ2v) is 3.45. The summed E-state index contributed by atoms with van der Waals surface area (Å²) in [5.74, 6) is 0.705. The molecule has 0 aromatic carbocycles. The van der Waals surface area contributed by atoms with Crippen LogP contribution in [0.15, 0.2) is 0 Å². The van der Waals surface area contributed by atoms with Crippen LogP contribution in [0.1, 0.15) is 46.5 Å². The standard InChI is InChI=1S/C10H23NO/c1-4-6-7-10(5-2)8-12-9(3)11/h9-10H,4-8,11H2,1-3H3. The first kappa shape index (κ1) is 11.9. The van der Waals surface area contributed by atoms with Gasteiger partial charge in [0.05, 0.1) is 6.61 Å². The molecule has 0 aromatic heterocycles. The second kappa shape index (κ2) is 7.56. The SMILES string of the molecule is CCCCC(CC)COC(C)N. The van der Waals surface area contributed by atoms with Gasteiger partial charge in [-0.2, -0.15) is 0 Å². The Labute approximate surface area is 76.5 Å². The summed E-state index contributed by atoms with van der Waals surface area (Å²) in [6.07, 6.45) is 4.95. The van der Waals surface area contributed by atoms with Crippen LogP contribution in [0.5, 0.6) is 0 Å². The van der Waals surface area contributed by atoms with Crippen LogP contribution in [-0.2, 0) is 4.74 Å². The molecular weight excluding hydrogens is 150 g/mol. The molecule has 0 saturated heterocycles. The highest BCUT2D eigenvalue weighted by atomic mass is 16.5. The third-order valence-corrected chi connectivity index (χ3v) is 2.14. The maximum Gasteiger partial charge on any atom is 0.102 e. The van der Waals surface area contributed by atoms with Crippen molar-refractivity contribution in [2.24, 2.45) is 11.7 Å². The molecule has 0 aliphatic rings. The number of hydrogen-bond acceptors (Lipinski definition) is 2. The molecule has 2 heteroatoms. The van der Waals surface area contributed by atoms with Gasteiger partial charge in [0.2, 0.25) is 0 Å².